The van der Waals surface area contributed by atoms with E-state index in [2.05, 4.69) is 13.5 Å². The zero-order valence-electron chi connectivity index (χ0n) is 12.1. The summed E-state index contributed by atoms with van der Waals surface area (Å²) in [6, 6.07) is 0. The third-order valence-corrected chi connectivity index (χ3v) is 2.67. The van der Waals surface area contributed by atoms with Crippen LogP contribution in [0.1, 0.15) is 71.1 Å². The Labute approximate surface area is 116 Å². The van der Waals surface area contributed by atoms with Crippen molar-refractivity contribution in [3.63, 3.8) is 0 Å². The highest BCUT2D eigenvalue weighted by atomic mass is 16.4. The fourth-order valence-electron chi connectivity index (χ4n) is 1.59. The monoisotopic (exact) mass is 272 g/mol. The van der Waals surface area contributed by atoms with Crippen LogP contribution in [-0.2, 0) is 9.59 Å². The minimum absolute atomic E-state index is 0.343. The lowest BCUT2D eigenvalue weighted by Gasteiger charge is -2.00. The third-order valence-electron chi connectivity index (χ3n) is 2.67. The molecule has 0 aromatic heterocycles. The minimum Gasteiger partial charge on any atom is -0.481 e. The molecule has 0 aliphatic heterocycles. The van der Waals surface area contributed by atoms with Crippen molar-refractivity contribution in [3.05, 3.63) is 12.7 Å². The standard InChI is InChI=1S/C12H24O2.C3H4O2/c1-2-3-4-5-6-7-8-9-10-11-12(13)14;1-2-3(4)5/h2-11H2,1H3,(H,13,14);2H,1H2,(H,4,5). The molecule has 0 unspecified atom stereocenters. The molecular weight excluding hydrogens is 244 g/mol. The number of carboxylic acid groups (broad SMARTS) is 2. The van der Waals surface area contributed by atoms with Crippen molar-refractivity contribution in [3.8, 4) is 0 Å². The lowest BCUT2D eigenvalue weighted by atomic mass is 10.1. The van der Waals surface area contributed by atoms with Gasteiger partial charge in [-0.15, -0.1) is 0 Å². The van der Waals surface area contributed by atoms with Crippen LogP contribution in [-0.4, -0.2) is 22.2 Å². The van der Waals surface area contributed by atoms with Crippen LogP contribution < -0.4 is 0 Å². The van der Waals surface area contributed by atoms with Gasteiger partial charge < -0.3 is 10.2 Å². The lowest BCUT2D eigenvalue weighted by Crippen LogP contribution is -1.93. The molecule has 0 radical (unpaired) electrons. The number of hydrogen-bond acceptors (Lipinski definition) is 2. The van der Waals surface area contributed by atoms with E-state index < -0.39 is 11.9 Å². The predicted octanol–water partition coefficient (Wildman–Crippen LogP) is 4.25. The smallest absolute Gasteiger partial charge is 0.327 e. The highest BCUT2D eigenvalue weighted by Crippen LogP contribution is 2.10. The Bertz CT molecular complexity index is 236. The Balaban J connectivity index is 0. The molecule has 4 heteroatoms. The van der Waals surface area contributed by atoms with E-state index in [9.17, 15) is 9.59 Å². The molecule has 0 saturated heterocycles. The second-order valence-corrected chi connectivity index (χ2v) is 4.51. The number of unbranched alkanes of at least 4 members (excludes halogenated alkanes) is 8. The second-order valence-electron chi connectivity index (χ2n) is 4.51. The minimum atomic E-state index is -0.981. The fourth-order valence-corrected chi connectivity index (χ4v) is 1.59. The number of rotatable bonds is 11. The SMILES string of the molecule is C=CC(=O)O.CCCCCCCCCCCC(=O)O. The quantitative estimate of drug-likeness (QED) is 0.435. The fraction of sp³-hybridized carbons (Fsp3) is 0.733. The zero-order valence-corrected chi connectivity index (χ0v) is 12.1. The maximum Gasteiger partial charge on any atom is 0.327 e. The first-order valence-corrected chi connectivity index (χ1v) is 7.11. The molecule has 19 heavy (non-hydrogen) atoms. The van der Waals surface area contributed by atoms with Crippen molar-refractivity contribution in [1.82, 2.24) is 0 Å². The van der Waals surface area contributed by atoms with Gasteiger partial charge in [0.2, 0.25) is 0 Å². The molecule has 0 aromatic carbocycles. The van der Waals surface area contributed by atoms with Crippen molar-refractivity contribution < 1.29 is 19.8 Å². The van der Waals surface area contributed by atoms with E-state index in [-0.39, 0.29) is 0 Å². The predicted molar refractivity (Wildman–Crippen MR) is 77.3 cm³/mol. The summed E-state index contributed by atoms with van der Waals surface area (Å²) in [5, 5.41) is 16.0. The van der Waals surface area contributed by atoms with E-state index in [1.54, 1.807) is 0 Å². The molecule has 0 aliphatic rings. The van der Waals surface area contributed by atoms with Gasteiger partial charge in [0.1, 0.15) is 0 Å². The molecule has 0 aliphatic carbocycles. The third kappa shape index (κ3) is 26.3. The molecule has 2 N–H and O–H groups in total. The molecule has 0 spiro atoms. The zero-order chi connectivity index (χ0) is 14.9. The van der Waals surface area contributed by atoms with E-state index in [4.69, 9.17) is 10.2 Å². The summed E-state index contributed by atoms with van der Waals surface area (Å²) in [5.41, 5.74) is 0. The van der Waals surface area contributed by atoms with Crippen molar-refractivity contribution in [2.24, 2.45) is 0 Å². The van der Waals surface area contributed by atoms with Gasteiger partial charge >= 0.3 is 11.9 Å². The molecule has 0 fully saturated rings. The van der Waals surface area contributed by atoms with Gasteiger partial charge in [-0.1, -0.05) is 64.9 Å². The maximum absolute atomic E-state index is 10.2. The number of carboxylic acids is 2. The average molecular weight is 272 g/mol. The molecule has 0 rings (SSSR count). The van der Waals surface area contributed by atoms with Gasteiger partial charge in [0.05, 0.1) is 0 Å². The molecule has 4 nitrogen and oxygen atoms in total. The summed E-state index contributed by atoms with van der Waals surface area (Å²) in [5.74, 6) is -1.64. The van der Waals surface area contributed by atoms with Gasteiger partial charge in [-0.05, 0) is 6.42 Å². The second kappa shape index (κ2) is 16.7. The topological polar surface area (TPSA) is 74.6 Å². The van der Waals surface area contributed by atoms with E-state index >= 15 is 0 Å². The molecule has 0 bridgehead atoms. The Kier molecular flexibility index (Phi) is 17.6. The van der Waals surface area contributed by atoms with Crippen molar-refractivity contribution in [1.29, 1.82) is 0 Å². The lowest BCUT2D eigenvalue weighted by molar-refractivity contribution is -0.137. The number of carbonyl (C=O) groups is 2. The Morgan fingerprint density at radius 2 is 1.26 bits per heavy atom. The van der Waals surface area contributed by atoms with Crippen molar-refractivity contribution in [2.45, 2.75) is 71.1 Å². The highest BCUT2D eigenvalue weighted by Gasteiger charge is 1.96. The van der Waals surface area contributed by atoms with Crippen LogP contribution in [0.3, 0.4) is 0 Å². The molecule has 0 saturated carbocycles. The summed E-state index contributed by atoms with van der Waals surface area (Å²) >= 11 is 0. The van der Waals surface area contributed by atoms with Gasteiger partial charge in [0, 0.05) is 12.5 Å². The summed E-state index contributed by atoms with van der Waals surface area (Å²) in [6.07, 6.45) is 12.3. The molecule has 0 atom stereocenters. The van der Waals surface area contributed by atoms with Crippen LogP contribution in [0.15, 0.2) is 12.7 Å². The van der Waals surface area contributed by atoms with E-state index in [0.717, 1.165) is 18.9 Å². The Hall–Kier alpha value is -1.32. The van der Waals surface area contributed by atoms with Crippen LogP contribution >= 0.6 is 0 Å². The summed E-state index contributed by atoms with van der Waals surface area (Å²) in [6.45, 7) is 5.19. The van der Waals surface area contributed by atoms with Gasteiger partial charge in [0.25, 0.3) is 0 Å². The number of hydrogen-bond donors (Lipinski definition) is 2. The van der Waals surface area contributed by atoms with Crippen LogP contribution in [0.25, 0.3) is 0 Å². The first-order valence-electron chi connectivity index (χ1n) is 7.11. The van der Waals surface area contributed by atoms with Gasteiger partial charge in [-0.2, -0.15) is 0 Å². The van der Waals surface area contributed by atoms with Crippen LogP contribution in [0.2, 0.25) is 0 Å². The first-order chi connectivity index (χ1) is 9.04. The van der Waals surface area contributed by atoms with Gasteiger partial charge in [-0.3, -0.25) is 4.79 Å². The van der Waals surface area contributed by atoms with Gasteiger partial charge in [-0.25, -0.2) is 4.79 Å². The normalized spacial score (nSPS) is 9.32. The average Bonchev–Trinajstić information content (AvgIpc) is 2.37. The first kappa shape index (κ1) is 20.0. The van der Waals surface area contributed by atoms with E-state index in [0.29, 0.717) is 6.42 Å². The Morgan fingerprint density at radius 3 is 1.58 bits per heavy atom. The van der Waals surface area contributed by atoms with Crippen LogP contribution in [0.5, 0.6) is 0 Å². The Morgan fingerprint density at radius 1 is 0.895 bits per heavy atom. The summed E-state index contributed by atoms with van der Waals surface area (Å²) in [4.78, 5) is 19.5. The van der Waals surface area contributed by atoms with Gasteiger partial charge in [0.15, 0.2) is 0 Å². The largest absolute Gasteiger partial charge is 0.481 e. The van der Waals surface area contributed by atoms with Crippen LogP contribution in [0.4, 0.5) is 0 Å². The number of aliphatic carboxylic acids is 2. The molecule has 0 heterocycles. The van der Waals surface area contributed by atoms with Crippen molar-refractivity contribution >= 4 is 11.9 Å². The summed E-state index contributed by atoms with van der Waals surface area (Å²) < 4.78 is 0. The maximum atomic E-state index is 10.2. The molecule has 112 valence electrons. The van der Waals surface area contributed by atoms with Crippen molar-refractivity contribution in [2.75, 3.05) is 0 Å². The summed E-state index contributed by atoms with van der Waals surface area (Å²) in [7, 11) is 0. The highest BCUT2D eigenvalue weighted by molar-refractivity contribution is 5.78. The molecule has 0 aromatic rings. The van der Waals surface area contributed by atoms with Crippen LogP contribution in [0, 0.1) is 0 Å². The molecular formula is C15H28O4. The van der Waals surface area contributed by atoms with E-state index in [1.807, 2.05) is 0 Å². The van der Waals surface area contributed by atoms with E-state index in [1.165, 1.54) is 44.9 Å². The molecule has 0 amide bonds.